The maximum absolute atomic E-state index is 6.04. The van der Waals surface area contributed by atoms with Crippen molar-refractivity contribution in [3.8, 4) is 0 Å². The van der Waals surface area contributed by atoms with E-state index in [0.717, 1.165) is 25.3 Å². The molecular formula is C18H29N3O. The van der Waals surface area contributed by atoms with Gasteiger partial charge in [0.2, 0.25) is 0 Å². The first kappa shape index (κ1) is 16.8. The smallest absolute Gasteiger partial charge is 0.193 e. The fourth-order valence-corrected chi connectivity index (χ4v) is 3.25. The summed E-state index contributed by atoms with van der Waals surface area (Å²) in [6, 6.07) is 6.30. The van der Waals surface area contributed by atoms with Gasteiger partial charge in [-0.3, -0.25) is 4.99 Å². The van der Waals surface area contributed by atoms with Crippen LogP contribution in [0, 0.1) is 25.7 Å². The van der Waals surface area contributed by atoms with Crippen molar-refractivity contribution in [2.24, 2.45) is 22.6 Å². The van der Waals surface area contributed by atoms with Gasteiger partial charge in [0, 0.05) is 24.8 Å². The van der Waals surface area contributed by atoms with Crippen LogP contribution < -0.4 is 11.1 Å². The summed E-state index contributed by atoms with van der Waals surface area (Å²) >= 11 is 0. The van der Waals surface area contributed by atoms with Crippen molar-refractivity contribution in [1.29, 1.82) is 0 Å². The molecule has 122 valence electrons. The van der Waals surface area contributed by atoms with E-state index in [2.05, 4.69) is 56.2 Å². The molecule has 3 N–H and O–H groups in total. The third kappa shape index (κ3) is 4.73. The summed E-state index contributed by atoms with van der Waals surface area (Å²) in [5, 5.41) is 3.19. The lowest BCUT2D eigenvalue weighted by atomic mass is 9.87. The molecule has 0 bridgehead atoms. The number of rotatable bonds is 4. The summed E-state index contributed by atoms with van der Waals surface area (Å²) in [5.41, 5.74) is 9.48. The van der Waals surface area contributed by atoms with E-state index in [9.17, 15) is 0 Å². The summed E-state index contributed by atoms with van der Waals surface area (Å²) in [7, 11) is 0. The Morgan fingerprint density at radius 1 is 1.32 bits per heavy atom. The Labute approximate surface area is 134 Å². The van der Waals surface area contributed by atoms with Gasteiger partial charge in [0.15, 0.2) is 5.96 Å². The third-order valence-electron chi connectivity index (χ3n) is 4.14. The van der Waals surface area contributed by atoms with Gasteiger partial charge in [0.1, 0.15) is 0 Å². The van der Waals surface area contributed by atoms with E-state index < -0.39 is 0 Å². The highest BCUT2D eigenvalue weighted by molar-refractivity contribution is 5.92. The van der Waals surface area contributed by atoms with Crippen molar-refractivity contribution >= 4 is 11.6 Å². The number of benzene rings is 1. The summed E-state index contributed by atoms with van der Waals surface area (Å²) in [6.07, 6.45) is 2.59. The van der Waals surface area contributed by atoms with Crippen LogP contribution >= 0.6 is 0 Å². The highest BCUT2D eigenvalue weighted by Gasteiger charge is 2.28. The Morgan fingerprint density at radius 2 is 2.00 bits per heavy atom. The number of nitrogens with one attached hydrogen (secondary N) is 1. The van der Waals surface area contributed by atoms with E-state index in [1.807, 2.05) is 0 Å². The van der Waals surface area contributed by atoms with Gasteiger partial charge in [-0.1, -0.05) is 19.9 Å². The molecule has 2 atom stereocenters. The molecule has 1 aromatic rings. The van der Waals surface area contributed by atoms with E-state index in [4.69, 9.17) is 10.5 Å². The number of anilines is 1. The minimum Gasteiger partial charge on any atom is -0.378 e. The second-order valence-corrected chi connectivity index (χ2v) is 6.71. The summed E-state index contributed by atoms with van der Waals surface area (Å²) in [5.74, 6) is 1.47. The van der Waals surface area contributed by atoms with Crippen LogP contribution in [-0.4, -0.2) is 25.2 Å². The van der Waals surface area contributed by atoms with Gasteiger partial charge in [0.05, 0.1) is 6.10 Å². The number of nitrogens with zero attached hydrogens (tertiary/aromatic N) is 1. The second kappa shape index (κ2) is 7.63. The minimum atomic E-state index is 0.298. The number of aliphatic imine (C=N–C) groups is 1. The largest absolute Gasteiger partial charge is 0.378 e. The lowest BCUT2D eigenvalue weighted by molar-refractivity contribution is -0.0491. The van der Waals surface area contributed by atoms with Gasteiger partial charge in [-0.15, -0.1) is 0 Å². The van der Waals surface area contributed by atoms with Crippen LogP contribution in [0.25, 0.3) is 0 Å². The normalized spacial score (nSPS) is 22.9. The van der Waals surface area contributed by atoms with E-state index >= 15 is 0 Å². The summed E-state index contributed by atoms with van der Waals surface area (Å²) in [6.45, 7) is 10.2. The minimum absolute atomic E-state index is 0.298. The first-order valence-corrected chi connectivity index (χ1v) is 8.22. The van der Waals surface area contributed by atoms with Crippen molar-refractivity contribution in [2.75, 3.05) is 18.5 Å². The molecule has 1 aliphatic rings. The van der Waals surface area contributed by atoms with Crippen molar-refractivity contribution < 1.29 is 4.74 Å². The average Bonchev–Trinajstić information content (AvgIpc) is 2.44. The second-order valence-electron chi connectivity index (χ2n) is 6.71. The number of hydrogen-bond donors (Lipinski definition) is 2. The van der Waals surface area contributed by atoms with Crippen LogP contribution in [0.15, 0.2) is 23.2 Å². The van der Waals surface area contributed by atoms with Crippen LogP contribution in [0.5, 0.6) is 0 Å². The molecule has 2 unspecified atom stereocenters. The number of guanidine groups is 1. The molecule has 0 spiro atoms. The van der Waals surface area contributed by atoms with Crippen molar-refractivity contribution in [2.45, 2.75) is 46.6 Å². The zero-order valence-corrected chi connectivity index (χ0v) is 14.2. The highest BCUT2D eigenvalue weighted by Crippen LogP contribution is 2.26. The van der Waals surface area contributed by atoms with Crippen LogP contribution in [-0.2, 0) is 4.74 Å². The Balaban J connectivity index is 1.96. The molecular weight excluding hydrogens is 274 g/mol. The van der Waals surface area contributed by atoms with Gasteiger partial charge in [-0.2, -0.15) is 0 Å². The zero-order valence-electron chi connectivity index (χ0n) is 14.2. The Morgan fingerprint density at radius 3 is 2.64 bits per heavy atom. The average molecular weight is 303 g/mol. The van der Waals surface area contributed by atoms with E-state index in [0.29, 0.717) is 23.9 Å². The maximum atomic E-state index is 6.04. The molecule has 1 aliphatic heterocycles. The lowest BCUT2D eigenvalue weighted by Crippen LogP contribution is -2.36. The topological polar surface area (TPSA) is 59.6 Å². The molecule has 1 saturated heterocycles. The Kier molecular flexibility index (Phi) is 5.83. The highest BCUT2D eigenvalue weighted by atomic mass is 16.5. The van der Waals surface area contributed by atoms with Gasteiger partial charge >= 0.3 is 0 Å². The third-order valence-corrected chi connectivity index (χ3v) is 4.14. The van der Waals surface area contributed by atoms with Crippen molar-refractivity contribution in [3.63, 3.8) is 0 Å². The molecule has 1 fully saturated rings. The van der Waals surface area contributed by atoms with Gasteiger partial charge in [-0.05, 0) is 55.9 Å². The van der Waals surface area contributed by atoms with Crippen molar-refractivity contribution in [1.82, 2.24) is 0 Å². The molecule has 0 aliphatic carbocycles. The number of hydrogen-bond acceptors (Lipinski definition) is 2. The van der Waals surface area contributed by atoms with E-state index in [-0.39, 0.29) is 0 Å². The molecule has 1 aromatic carbocycles. The van der Waals surface area contributed by atoms with E-state index in [1.165, 1.54) is 17.5 Å². The first-order valence-electron chi connectivity index (χ1n) is 8.22. The number of aryl methyl sites for hydroxylation is 2. The van der Waals surface area contributed by atoms with Crippen LogP contribution in [0.3, 0.4) is 0 Å². The van der Waals surface area contributed by atoms with Gasteiger partial charge in [0.25, 0.3) is 0 Å². The van der Waals surface area contributed by atoms with Crippen LogP contribution in [0.1, 0.15) is 37.8 Å². The predicted molar refractivity (Wildman–Crippen MR) is 93.3 cm³/mol. The zero-order chi connectivity index (χ0) is 16.1. The quantitative estimate of drug-likeness (QED) is 0.661. The van der Waals surface area contributed by atoms with E-state index in [1.54, 1.807) is 0 Å². The Hall–Kier alpha value is -1.55. The molecule has 1 heterocycles. The maximum Gasteiger partial charge on any atom is 0.193 e. The molecule has 2 rings (SSSR count). The number of nitrogens with two attached hydrogens (primary N) is 1. The van der Waals surface area contributed by atoms with Crippen LogP contribution in [0.4, 0.5) is 5.69 Å². The summed E-state index contributed by atoms with van der Waals surface area (Å²) < 4.78 is 5.90. The van der Waals surface area contributed by atoms with Gasteiger partial charge in [-0.25, -0.2) is 0 Å². The Bertz CT molecular complexity index is 505. The fraction of sp³-hybridized carbons (Fsp3) is 0.611. The van der Waals surface area contributed by atoms with Crippen LogP contribution in [0.2, 0.25) is 0 Å². The van der Waals surface area contributed by atoms with Gasteiger partial charge < -0.3 is 15.8 Å². The molecule has 0 radical (unpaired) electrons. The van der Waals surface area contributed by atoms with Crippen molar-refractivity contribution in [3.05, 3.63) is 29.3 Å². The SMILES string of the molecule is Cc1cc(C)cc(NC(N)=NCC2CCCOC2C(C)C)c1. The lowest BCUT2D eigenvalue weighted by Gasteiger charge is -2.33. The molecule has 22 heavy (non-hydrogen) atoms. The molecule has 4 nitrogen and oxygen atoms in total. The summed E-state index contributed by atoms with van der Waals surface area (Å²) in [4.78, 5) is 4.54. The first-order chi connectivity index (χ1) is 10.5. The molecule has 4 heteroatoms. The standard InChI is InChI=1S/C18H29N3O/c1-12(2)17-15(6-5-7-22-17)11-20-18(19)21-16-9-13(3)8-14(4)10-16/h8-10,12,15,17H,5-7,11H2,1-4H3,(H3,19,20,21). The predicted octanol–water partition coefficient (Wildman–Crippen LogP) is 3.48. The molecule has 0 aromatic heterocycles. The molecule has 0 saturated carbocycles. The molecule has 0 amide bonds. The monoisotopic (exact) mass is 303 g/mol. The fourth-order valence-electron chi connectivity index (χ4n) is 3.25. The number of ether oxygens (including phenoxy) is 1.